The molecule has 0 unspecified atom stereocenters. The van der Waals surface area contributed by atoms with Crippen LogP contribution >= 0.6 is 0 Å². The molecule has 0 heterocycles. The molecule has 0 amide bonds. The average Bonchev–Trinajstić information content (AvgIpc) is 2.46. The lowest BCUT2D eigenvalue weighted by molar-refractivity contribution is -0.121. The van der Waals surface area contributed by atoms with Crippen molar-refractivity contribution in [2.75, 3.05) is 0 Å². The third-order valence-electron chi connectivity index (χ3n) is 5.51. The van der Waals surface area contributed by atoms with Crippen LogP contribution in [0.4, 0.5) is 0 Å². The Hall–Kier alpha value is -0.790. The molecule has 2 nitrogen and oxygen atoms in total. The molecule has 0 rings (SSSR count). The smallest absolute Gasteiger partial charge is 0.162 e. The van der Waals surface area contributed by atoms with Crippen molar-refractivity contribution in [1.82, 2.24) is 0 Å². The van der Waals surface area contributed by atoms with Crippen molar-refractivity contribution in [2.24, 2.45) is 35.5 Å². The fourth-order valence-electron chi connectivity index (χ4n) is 4.23. The van der Waals surface area contributed by atoms with Crippen LogP contribution in [-0.4, -0.2) is 10.9 Å². The molecule has 0 aromatic carbocycles. The number of hydrogen-bond acceptors (Lipinski definition) is 2. The van der Waals surface area contributed by atoms with Crippen molar-refractivity contribution in [2.45, 2.75) is 81.1 Å². The van der Waals surface area contributed by atoms with Crippen LogP contribution in [0.25, 0.3) is 0 Å². The van der Waals surface area contributed by atoms with Crippen molar-refractivity contribution in [3.05, 3.63) is 11.8 Å². The first-order valence-electron chi connectivity index (χ1n) is 9.69. The first kappa shape index (κ1) is 22.2. The molecule has 0 bridgehead atoms. The number of allylic oxidation sites excluding steroid dienone is 2. The molecule has 0 saturated carbocycles. The summed E-state index contributed by atoms with van der Waals surface area (Å²) < 4.78 is 0. The van der Waals surface area contributed by atoms with Gasteiger partial charge >= 0.3 is 0 Å². The summed E-state index contributed by atoms with van der Waals surface area (Å²) >= 11 is 0. The van der Waals surface area contributed by atoms with Gasteiger partial charge in [-0.3, -0.25) is 4.79 Å². The predicted octanol–water partition coefficient (Wildman–Crippen LogP) is 6.41. The molecular weight excluding hydrogens is 284 g/mol. The summed E-state index contributed by atoms with van der Waals surface area (Å²) in [5.74, 6) is 2.00. The van der Waals surface area contributed by atoms with Gasteiger partial charge in [0.15, 0.2) is 5.78 Å². The van der Waals surface area contributed by atoms with Gasteiger partial charge in [0.2, 0.25) is 0 Å². The SMILES string of the molecule is CCC(CC)C(C(O)=CC(=O)C(C(C)C)C(C)C)C(CC)CC. The van der Waals surface area contributed by atoms with Crippen molar-refractivity contribution < 1.29 is 9.90 Å². The van der Waals surface area contributed by atoms with Gasteiger partial charge in [-0.2, -0.15) is 0 Å². The summed E-state index contributed by atoms with van der Waals surface area (Å²) in [6.45, 7) is 17.1. The van der Waals surface area contributed by atoms with Crippen LogP contribution in [0.5, 0.6) is 0 Å². The van der Waals surface area contributed by atoms with Gasteiger partial charge in [0.25, 0.3) is 0 Å². The third-order valence-corrected chi connectivity index (χ3v) is 5.51. The molecule has 0 aliphatic rings. The van der Waals surface area contributed by atoms with E-state index in [4.69, 9.17) is 0 Å². The normalized spacial score (nSPS) is 13.4. The Labute approximate surface area is 144 Å². The standard InChI is InChI=1S/C21H40O2/c1-9-16(10-2)21(17(11-3)12-4)19(23)13-18(22)20(14(5)6)15(7)8/h13-17,20-21,23H,9-12H2,1-8H3. The van der Waals surface area contributed by atoms with Gasteiger partial charge < -0.3 is 5.11 Å². The van der Waals surface area contributed by atoms with Gasteiger partial charge in [0, 0.05) is 17.9 Å². The van der Waals surface area contributed by atoms with E-state index in [1.807, 2.05) is 0 Å². The van der Waals surface area contributed by atoms with Gasteiger partial charge in [-0.1, -0.05) is 81.1 Å². The largest absolute Gasteiger partial charge is 0.512 e. The fourth-order valence-corrected chi connectivity index (χ4v) is 4.23. The first-order chi connectivity index (χ1) is 10.7. The Morgan fingerprint density at radius 3 is 1.39 bits per heavy atom. The van der Waals surface area contributed by atoms with Crippen LogP contribution in [0.1, 0.15) is 81.1 Å². The molecule has 0 fully saturated rings. The van der Waals surface area contributed by atoms with E-state index >= 15 is 0 Å². The number of hydrogen-bond donors (Lipinski definition) is 1. The summed E-state index contributed by atoms with van der Waals surface area (Å²) in [4.78, 5) is 12.7. The number of aliphatic hydroxyl groups is 1. The molecule has 1 N–H and O–H groups in total. The maximum atomic E-state index is 12.7. The molecule has 136 valence electrons. The molecule has 0 spiro atoms. The minimum atomic E-state index is -0.0128. The van der Waals surface area contributed by atoms with E-state index in [1.54, 1.807) is 6.08 Å². The summed E-state index contributed by atoms with van der Waals surface area (Å²) in [6, 6.07) is 0. The molecule has 0 saturated heterocycles. The average molecular weight is 325 g/mol. The highest BCUT2D eigenvalue weighted by Crippen LogP contribution is 2.36. The number of aliphatic hydroxyl groups excluding tert-OH is 1. The maximum Gasteiger partial charge on any atom is 0.162 e. The Morgan fingerprint density at radius 2 is 1.13 bits per heavy atom. The highest BCUT2D eigenvalue weighted by Gasteiger charge is 2.31. The van der Waals surface area contributed by atoms with Crippen LogP contribution < -0.4 is 0 Å². The Balaban J connectivity index is 5.57. The van der Waals surface area contributed by atoms with E-state index in [0.717, 1.165) is 25.7 Å². The van der Waals surface area contributed by atoms with Gasteiger partial charge in [-0.15, -0.1) is 0 Å². The summed E-state index contributed by atoms with van der Waals surface area (Å²) in [5.41, 5.74) is 0. The molecule has 2 heteroatoms. The highest BCUT2D eigenvalue weighted by molar-refractivity contribution is 5.92. The van der Waals surface area contributed by atoms with E-state index in [2.05, 4.69) is 55.4 Å². The van der Waals surface area contributed by atoms with Gasteiger partial charge in [0.1, 0.15) is 0 Å². The van der Waals surface area contributed by atoms with E-state index in [1.165, 1.54) is 0 Å². The van der Waals surface area contributed by atoms with Crippen LogP contribution in [0.15, 0.2) is 11.8 Å². The first-order valence-corrected chi connectivity index (χ1v) is 9.69. The maximum absolute atomic E-state index is 12.7. The monoisotopic (exact) mass is 324 g/mol. The number of ketones is 1. The van der Waals surface area contributed by atoms with E-state index in [-0.39, 0.29) is 17.6 Å². The second-order valence-corrected chi connectivity index (χ2v) is 7.66. The molecule has 0 aliphatic heterocycles. The minimum absolute atomic E-state index is 0.0128. The Morgan fingerprint density at radius 1 is 0.783 bits per heavy atom. The van der Waals surface area contributed by atoms with Crippen molar-refractivity contribution >= 4 is 5.78 Å². The zero-order valence-corrected chi connectivity index (χ0v) is 16.7. The van der Waals surface area contributed by atoms with Gasteiger partial charge in [0.05, 0.1) is 5.76 Å². The van der Waals surface area contributed by atoms with Crippen molar-refractivity contribution in [1.29, 1.82) is 0 Å². The van der Waals surface area contributed by atoms with E-state index in [9.17, 15) is 9.90 Å². The fraction of sp³-hybridized carbons (Fsp3) is 0.857. The minimum Gasteiger partial charge on any atom is -0.512 e. The van der Waals surface area contributed by atoms with Crippen LogP contribution in [0.3, 0.4) is 0 Å². The second kappa shape index (κ2) is 10.9. The molecule has 0 aromatic rings. The lowest BCUT2D eigenvalue weighted by atomic mass is 9.74. The van der Waals surface area contributed by atoms with Crippen LogP contribution in [0.2, 0.25) is 0 Å². The third kappa shape index (κ3) is 6.31. The molecule has 0 aliphatic carbocycles. The number of rotatable bonds is 11. The number of carbonyl (C=O) groups is 1. The summed E-state index contributed by atoms with van der Waals surface area (Å²) in [5, 5.41) is 10.8. The van der Waals surface area contributed by atoms with Crippen LogP contribution in [0, 0.1) is 35.5 Å². The van der Waals surface area contributed by atoms with Crippen molar-refractivity contribution in [3.63, 3.8) is 0 Å². The van der Waals surface area contributed by atoms with E-state index < -0.39 is 0 Å². The quantitative estimate of drug-likeness (QED) is 0.352. The molecule has 0 atom stereocenters. The molecule has 23 heavy (non-hydrogen) atoms. The lowest BCUT2D eigenvalue weighted by Gasteiger charge is -2.32. The molecule has 0 radical (unpaired) electrons. The predicted molar refractivity (Wildman–Crippen MR) is 101 cm³/mol. The Bertz CT molecular complexity index is 340. The van der Waals surface area contributed by atoms with E-state index in [0.29, 0.717) is 29.4 Å². The topological polar surface area (TPSA) is 37.3 Å². The summed E-state index contributed by atoms with van der Waals surface area (Å²) in [7, 11) is 0. The van der Waals surface area contributed by atoms with Crippen LogP contribution in [-0.2, 0) is 4.79 Å². The van der Waals surface area contributed by atoms with Crippen molar-refractivity contribution in [3.8, 4) is 0 Å². The molecule has 0 aromatic heterocycles. The highest BCUT2D eigenvalue weighted by atomic mass is 16.3. The zero-order valence-electron chi connectivity index (χ0n) is 16.7. The lowest BCUT2D eigenvalue weighted by Crippen LogP contribution is -2.28. The number of carbonyl (C=O) groups excluding carboxylic acids is 1. The summed E-state index contributed by atoms with van der Waals surface area (Å²) in [6.07, 6.45) is 5.73. The zero-order chi connectivity index (χ0) is 18.2. The Kier molecular flexibility index (Phi) is 10.5. The van der Waals surface area contributed by atoms with Gasteiger partial charge in [-0.05, 0) is 23.7 Å². The molecular formula is C21H40O2. The van der Waals surface area contributed by atoms with Gasteiger partial charge in [-0.25, -0.2) is 0 Å². The second-order valence-electron chi connectivity index (χ2n) is 7.66.